The summed E-state index contributed by atoms with van der Waals surface area (Å²) in [4.78, 5) is 14.8. The normalized spacial score (nSPS) is 19.7. The highest BCUT2D eigenvalue weighted by Crippen LogP contribution is 2.50. The van der Waals surface area contributed by atoms with E-state index >= 15 is 4.39 Å². The minimum atomic E-state index is -3.08. The van der Waals surface area contributed by atoms with Gasteiger partial charge in [-0.2, -0.15) is 9.97 Å². The molecule has 0 radical (unpaired) electrons. The molecule has 3 aromatic rings. The number of terminal acetylenes is 1. The second kappa shape index (κ2) is 11.8. The third-order valence-corrected chi connectivity index (χ3v) is 10.9. The van der Waals surface area contributed by atoms with E-state index in [1.54, 1.807) is 6.08 Å². The summed E-state index contributed by atoms with van der Waals surface area (Å²) in [6.07, 6.45) is 11.6. The summed E-state index contributed by atoms with van der Waals surface area (Å²) in [7, 11) is 4.10. The van der Waals surface area contributed by atoms with Crippen LogP contribution in [0.1, 0.15) is 49.4 Å². The Balaban J connectivity index is 1.36. The van der Waals surface area contributed by atoms with Crippen molar-refractivity contribution in [3.8, 4) is 24.1 Å². The molecule has 8 nitrogen and oxygen atoms in total. The van der Waals surface area contributed by atoms with E-state index in [0.29, 0.717) is 50.5 Å². The maximum absolute atomic E-state index is 15.0. The Kier molecular flexibility index (Phi) is 8.01. The van der Waals surface area contributed by atoms with Crippen molar-refractivity contribution < 1.29 is 23.0 Å². The Hall–Kier alpha value is -3.66. The Morgan fingerprint density at radius 2 is 1.89 bits per heavy atom. The molecule has 4 heterocycles. The zero-order valence-electron chi connectivity index (χ0n) is 26.9. The van der Waals surface area contributed by atoms with Gasteiger partial charge in [0.25, 0.3) is 5.92 Å². The topological polar surface area (TPSA) is 77.0 Å². The van der Waals surface area contributed by atoms with Crippen molar-refractivity contribution in [1.29, 1.82) is 0 Å². The van der Waals surface area contributed by atoms with Gasteiger partial charge in [0.2, 0.25) is 0 Å². The van der Waals surface area contributed by atoms with Gasteiger partial charge in [-0.25, -0.2) is 13.2 Å². The number of aromatic nitrogens is 2. The summed E-state index contributed by atoms with van der Waals surface area (Å²) in [6.45, 7) is 5.13. The number of halogens is 3. The number of phenols is 1. The van der Waals surface area contributed by atoms with E-state index in [1.165, 1.54) is 28.6 Å². The monoisotopic (exact) mass is 664 g/mol. The molecule has 1 aliphatic carbocycles. The van der Waals surface area contributed by atoms with Crippen molar-refractivity contribution in [3.63, 3.8) is 0 Å². The molecule has 1 aromatic heterocycles. The first kappa shape index (κ1) is 31.9. The predicted molar refractivity (Wildman–Crippen MR) is 179 cm³/mol. The Bertz CT molecular complexity index is 1780. The molecule has 1 saturated carbocycles. The molecule has 0 atom stereocenters. The molecule has 2 aromatic carbocycles. The van der Waals surface area contributed by atoms with Gasteiger partial charge in [-0.3, -0.25) is 0 Å². The lowest BCUT2D eigenvalue weighted by Crippen LogP contribution is -2.58. The van der Waals surface area contributed by atoms with Crippen molar-refractivity contribution in [2.75, 3.05) is 64.9 Å². The number of rotatable bonds is 9. The molecule has 248 valence electrons. The molecule has 7 rings (SSSR count). The number of fused-ring (bicyclic) bond motifs is 2. The van der Waals surface area contributed by atoms with Crippen LogP contribution in [0.2, 0.25) is 0 Å². The number of benzene rings is 2. The van der Waals surface area contributed by atoms with Crippen molar-refractivity contribution in [2.24, 2.45) is 10.8 Å². The Morgan fingerprint density at radius 1 is 1.15 bits per heavy atom. The zero-order chi connectivity index (χ0) is 33.1. The fraction of sp³-hybridized carbons (Fsp3) is 0.486. The third-order valence-electron chi connectivity index (χ3n) is 9.73. The molecule has 2 N–H and O–H groups in total. The predicted octanol–water partition coefficient (Wildman–Crippen LogP) is 5.84. The molecular formula is C35H39F3N6O2S. The summed E-state index contributed by atoms with van der Waals surface area (Å²) in [5, 5.41) is 15.0. The minimum Gasteiger partial charge on any atom is -0.508 e. The first-order valence-electron chi connectivity index (χ1n) is 16.0. The highest BCUT2D eigenvalue weighted by molar-refractivity contribution is 7.97. The molecule has 1 spiro atoms. The highest BCUT2D eigenvalue weighted by Gasteiger charge is 2.45. The first-order valence-corrected chi connectivity index (χ1v) is 16.8. The van der Waals surface area contributed by atoms with Crippen LogP contribution in [0.25, 0.3) is 22.5 Å². The molecule has 0 amide bonds. The van der Waals surface area contributed by atoms with Gasteiger partial charge in [-0.15, -0.1) is 6.42 Å². The van der Waals surface area contributed by atoms with Gasteiger partial charge in [0.1, 0.15) is 11.6 Å². The molecule has 2 saturated heterocycles. The number of nitrogens with one attached hydrogen (secondary N) is 1. The van der Waals surface area contributed by atoms with E-state index in [-0.39, 0.29) is 22.7 Å². The molecule has 47 heavy (non-hydrogen) atoms. The van der Waals surface area contributed by atoms with Crippen LogP contribution in [-0.4, -0.2) is 90.2 Å². The van der Waals surface area contributed by atoms with Gasteiger partial charge in [0.05, 0.1) is 35.0 Å². The molecule has 0 unspecified atom stereocenters. The summed E-state index contributed by atoms with van der Waals surface area (Å²) < 4.78 is 52.5. The van der Waals surface area contributed by atoms with Crippen molar-refractivity contribution in [2.45, 2.75) is 43.4 Å². The quantitative estimate of drug-likeness (QED) is 0.217. The van der Waals surface area contributed by atoms with Crippen LogP contribution in [0.4, 0.5) is 19.0 Å². The van der Waals surface area contributed by atoms with Crippen LogP contribution in [0.15, 0.2) is 29.2 Å². The van der Waals surface area contributed by atoms with Crippen molar-refractivity contribution in [1.82, 2.24) is 24.5 Å². The van der Waals surface area contributed by atoms with Gasteiger partial charge in [-0.1, -0.05) is 12.0 Å². The largest absolute Gasteiger partial charge is 0.508 e. The lowest BCUT2D eigenvalue weighted by atomic mass is 9.73. The van der Waals surface area contributed by atoms with E-state index in [9.17, 15) is 13.9 Å². The number of nitrogens with zero attached hydrogens (tertiary/aromatic N) is 5. The maximum atomic E-state index is 15.0. The van der Waals surface area contributed by atoms with Crippen LogP contribution in [0.3, 0.4) is 0 Å². The Labute approximate surface area is 277 Å². The second-order valence-corrected chi connectivity index (χ2v) is 15.1. The summed E-state index contributed by atoms with van der Waals surface area (Å²) in [5.74, 6) is -0.706. The van der Waals surface area contributed by atoms with Crippen molar-refractivity contribution >= 4 is 40.3 Å². The van der Waals surface area contributed by atoms with Gasteiger partial charge >= 0.3 is 6.01 Å². The van der Waals surface area contributed by atoms with Crippen LogP contribution in [0.5, 0.6) is 11.8 Å². The minimum absolute atomic E-state index is 0.00634. The number of alkyl halides is 2. The van der Waals surface area contributed by atoms with Gasteiger partial charge < -0.3 is 29.3 Å². The zero-order valence-corrected chi connectivity index (χ0v) is 27.7. The average molecular weight is 665 g/mol. The average Bonchev–Trinajstić information content (AvgIpc) is 3.76. The summed E-state index contributed by atoms with van der Waals surface area (Å²) in [6, 6.07) is 5.92. The van der Waals surface area contributed by atoms with E-state index in [1.807, 2.05) is 14.1 Å². The number of anilines is 1. The van der Waals surface area contributed by atoms with E-state index in [4.69, 9.17) is 21.1 Å². The molecule has 12 heteroatoms. The number of hydrogen-bond donors (Lipinski definition) is 2. The van der Waals surface area contributed by atoms with Gasteiger partial charge in [0.15, 0.2) is 5.82 Å². The Morgan fingerprint density at radius 3 is 2.51 bits per heavy atom. The molecule has 3 fully saturated rings. The SMILES string of the molecule is C#Cc1c(F)ccc2cc(O)cc(C3=Cc4nc(OCC5(CN(C)C)CC5)nc(N5CCC6(CC5)CNC6)c4SN3CC(C)(F)F)c12. The molecular weight excluding hydrogens is 625 g/mol. The number of hydrogen-bond acceptors (Lipinski definition) is 9. The van der Waals surface area contributed by atoms with Crippen LogP contribution < -0.4 is 15.0 Å². The lowest BCUT2D eigenvalue weighted by Gasteiger charge is -2.49. The van der Waals surface area contributed by atoms with Gasteiger partial charge in [0, 0.05) is 56.0 Å². The summed E-state index contributed by atoms with van der Waals surface area (Å²) in [5.41, 5.74) is 1.51. The molecule has 0 bridgehead atoms. The number of phenolic OH excluding ortho intramolecular Hbond substituents is 1. The smallest absolute Gasteiger partial charge is 0.319 e. The van der Waals surface area contributed by atoms with E-state index in [2.05, 4.69) is 21.0 Å². The van der Waals surface area contributed by atoms with Crippen LogP contribution in [-0.2, 0) is 0 Å². The first-order chi connectivity index (χ1) is 22.4. The van der Waals surface area contributed by atoms with Crippen LogP contribution >= 0.6 is 11.9 Å². The van der Waals surface area contributed by atoms with Gasteiger partial charge in [-0.05, 0) is 86.8 Å². The van der Waals surface area contributed by atoms with E-state index in [0.717, 1.165) is 77.3 Å². The van der Waals surface area contributed by atoms with E-state index < -0.39 is 18.3 Å². The summed E-state index contributed by atoms with van der Waals surface area (Å²) >= 11 is 1.13. The fourth-order valence-corrected chi connectivity index (χ4v) is 8.26. The lowest BCUT2D eigenvalue weighted by molar-refractivity contribution is 0.0142. The van der Waals surface area contributed by atoms with Crippen molar-refractivity contribution in [3.05, 3.63) is 46.9 Å². The standard InChI is InChI=1S/C35H39F3N6O2S/c1-5-24-26(36)7-6-22-14-23(45)15-25(29(22)24)28-16-27-30(47-44(28)19-33(2,37)38)31(43-12-10-34(11-13-43)17-39-18-34)41-32(40-27)46-21-35(8-9-35)20-42(3)4/h1,6-7,14-16,39,45H,8-13,17-21H2,2-4H3. The number of piperidine rings is 1. The second-order valence-electron chi connectivity index (χ2n) is 14.0. The number of aromatic hydroxyl groups is 1. The maximum Gasteiger partial charge on any atom is 0.319 e. The third kappa shape index (κ3) is 6.33. The fourth-order valence-electron chi connectivity index (χ4n) is 7.05. The molecule has 4 aliphatic rings. The number of ether oxygens (including phenoxy) is 1. The molecule has 3 aliphatic heterocycles. The highest BCUT2D eigenvalue weighted by atomic mass is 32.2. The van der Waals surface area contributed by atoms with Crippen LogP contribution in [0, 0.1) is 29.0 Å².